The number of ether oxygens (including phenoxy) is 1. The van der Waals surface area contributed by atoms with Gasteiger partial charge >= 0.3 is 12.0 Å². The van der Waals surface area contributed by atoms with Gasteiger partial charge in [-0.2, -0.15) is 0 Å². The van der Waals surface area contributed by atoms with Gasteiger partial charge in [-0.3, -0.25) is 4.79 Å². The van der Waals surface area contributed by atoms with Gasteiger partial charge in [-0.1, -0.05) is 22.9 Å². The Hall–Kier alpha value is -3.50. The second-order valence-corrected chi connectivity index (χ2v) is 8.70. The minimum absolute atomic E-state index is 0.214. The standard InChI is InChI=1S/C22H20ClN5O4S/c1-32-21(30)13-4-8-16(9-5-13)25-22(31)28-12-2-3-17(28)19-26-27-20(33-19)18(29)24-15-10-6-14(23)7-11-15/h4-11,17H,2-3,12H2,1H3,(H,24,29)(H,25,31)/t17-/m1/s1. The first-order chi connectivity index (χ1) is 15.9. The van der Waals surface area contributed by atoms with Gasteiger partial charge in [-0.05, 0) is 61.4 Å². The molecule has 1 atom stereocenters. The molecule has 0 unspecified atom stereocenters. The number of anilines is 2. The predicted octanol–water partition coefficient (Wildman–Crippen LogP) is 4.60. The number of carbonyl (C=O) groups excluding carboxylic acids is 3. The molecule has 0 radical (unpaired) electrons. The zero-order valence-electron chi connectivity index (χ0n) is 17.6. The molecule has 3 aromatic rings. The summed E-state index contributed by atoms with van der Waals surface area (Å²) >= 11 is 7.03. The van der Waals surface area contributed by atoms with Crippen LogP contribution < -0.4 is 10.6 Å². The van der Waals surface area contributed by atoms with Crippen LogP contribution in [0.5, 0.6) is 0 Å². The van der Waals surface area contributed by atoms with Crippen molar-refractivity contribution in [3.63, 3.8) is 0 Å². The smallest absolute Gasteiger partial charge is 0.337 e. The van der Waals surface area contributed by atoms with Crippen molar-refractivity contribution >= 4 is 52.2 Å². The highest BCUT2D eigenvalue weighted by molar-refractivity contribution is 7.13. The summed E-state index contributed by atoms with van der Waals surface area (Å²) in [6, 6.07) is 12.6. The number of methoxy groups -OCH3 is 1. The molecule has 11 heteroatoms. The number of hydrogen-bond acceptors (Lipinski definition) is 7. The maximum Gasteiger partial charge on any atom is 0.337 e. The quantitative estimate of drug-likeness (QED) is 0.510. The summed E-state index contributed by atoms with van der Waals surface area (Å²) in [4.78, 5) is 38.6. The largest absolute Gasteiger partial charge is 0.465 e. The van der Waals surface area contributed by atoms with Crippen LogP contribution in [-0.4, -0.2) is 46.7 Å². The highest BCUT2D eigenvalue weighted by Gasteiger charge is 2.33. The number of urea groups is 1. The Morgan fingerprint density at radius 2 is 1.70 bits per heavy atom. The van der Waals surface area contributed by atoms with Crippen molar-refractivity contribution in [2.75, 3.05) is 24.3 Å². The van der Waals surface area contributed by atoms with Crippen LogP contribution in [-0.2, 0) is 4.74 Å². The molecule has 3 amide bonds. The molecule has 2 heterocycles. The summed E-state index contributed by atoms with van der Waals surface area (Å²) in [5.41, 5.74) is 1.55. The molecule has 2 aromatic carbocycles. The van der Waals surface area contributed by atoms with E-state index in [2.05, 4.69) is 25.6 Å². The van der Waals surface area contributed by atoms with Gasteiger partial charge in [-0.15, -0.1) is 10.2 Å². The fraction of sp³-hybridized carbons (Fsp3) is 0.227. The third kappa shape index (κ3) is 5.29. The van der Waals surface area contributed by atoms with Crippen LogP contribution >= 0.6 is 22.9 Å². The minimum Gasteiger partial charge on any atom is -0.465 e. The highest BCUT2D eigenvalue weighted by atomic mass is 35.5. The Morgan fingerprint density at radius 1 is 1.03 bits per heavy atom. The maximum absolute atomic E-state index is 12.9. The molecule has 0 aliphatic carbocycles. The summed E-state index contributed by atoms with van der Waals surface area (Å²) in [5.74, 6) is -0.819. The van der Waals surface area contributed by atoms with E-state index < -0.39 is 5.97 Å². The summed E-state index contributed by atoms with van der Waals surface area (Å²) in [5, 5.41) is 15.2. The van der Waals surface area contributed by atoms with Crippen molar-refractivity contribution in [2.45, 2.75) is 18.9 Å². The van der Waals surface area contributed by atoms with E-state index in [-0.39, 0.29) is 23.0 Å². The Kier molecular flexibility index (Phi) is 6.85. The van der Waals surface area contributed by atoms with E-state index in [9.17, 15) is 14.4 Å². The molecular weight excluding hydrogens is 466 g/mol. The van der Waals surface area contributed by atoms with Gasteiger partial charge < -0.3 is 20.3 Å². The van der Waals surface area contributed by atoms with E-state index in [1.165, 1.54) is 7.11 Å². The molecule has 0 saturated carbocycles. The van der Waals surface area contributed by atoms with Crippen molar-refractivity contribution < 1.29 is 19.1 Å². The molecule has 9 nitrogen and oxygen atoms in total. The molecule has 1 aliphatic rings. The maximum atomic E-state index is 12.9. The molecule has 33 heavy (non-hydrogen) atoms. The topological polar surface area (TPSA) is 114 Å². The Morgan fingerprint density at radius 3 is 2.39 bits per heavy atom. The average molecular weight is 486 g/mol. The minimum atomic E-state index is -0.445. The van der Waals surface area contributed by atoms with Crippen LogP contribution in [0.1, 0.15) is 44.1 Å². The van der Waals surface area contributed by atoms with Crippen LogP contribution in [0.3, 0.4) is 0 Å². The predicted molar refractivity (Wildman–Crippen MR) is 125 cm³/mol. The SMILES string of the molecule is COC(=O)c1ccc(NC(=O)N2CCC[C@@H]2c2nnc(C(=O)Nc3ccc(Cl)cc3)s2)cc1. The molecule has 2 N–H and O–H groups in total. The molecule has 1 aromatic heterocycles. The van der Waals surface area contributed by atoms with E-state index in [4.69, 9.17) is 11.6 Å². The second-order valence-electron chi connectivity index (χ2n) is 7.26. The number of rotatable bonds is 5. The highest BCUT2D eigenvalue weighted by Crippen LogP contribution is 2.34. The van der Waals surface area contributed by atoms with Crippen molar-refractivity contribution in [2.24, 2.45) is 0 Å². The fourth-order valence-corrected chi connectivity index (χ4v) is 4.46. The summed E-state index contributed by atoms with van der Waals surface area (Å²) in [7, 11) is 1.31. The fourth-order valence-electron chi connectivity index (χ4n) is 3.45. The number of nitrogens with zero attached hydrogens (tertiary/aromatic N) is 3. The Bertz CT molecular complexity index is 1170. The second kappa shape index (κ2) is 9.97. The monoisotopic (exact) mass is 485 g/mol. The van der Waals surface area contributed by atoms with Gasteiger partial charge in [0.1, 0.15) is 5.01 Å². The van der Waals surface area contributed by atoms with Crippen molar-refractivity contribution in [3.8, 4) is 0 Å². The normalized spacial score (nSPS) is 15.2. The zero-order chi connectivity index (χ0) is 23.4. The van der Waals surface area contributed by atoms with Gasteiger partial charge in [0.05, 0.1) is 18.7 Å². The zero-order valence-corrected chi connectivity index (χ0v) is 19.2. The number of benzene rings is 2. The van der Waals surface area contributed by atoms with Crippen molar-refractivity contribution in [1.29, 1.82) is 0 Å². The van der Waals surface area contributed by atoms with Crippen LogP contribution in [0.15, 0.2) is 48.5 Å². The third-order valence-corrected chi connectivity index (χ3v) is 6.37. The summed E-state index contributed by atoms with van der Waals surface area (Å²) < 4.78 is 4.68. The van der Waals surface area contributed by atoms with Crippen LogP contribution in [0.4, 0.5) is 16.2 Å². The van der Waals surface area contributed by atoms with E-state index >= 15 is 0 Å². The molecule has 4 rings (SSSR count). The lowest BCUT2D eigenvalue weighted by Gasteiger charge is -2.23. The molecule has 170 valence electrons. The number of nitrogens with one attached hydrogen (secondary N) is 2. The number of carbonyl (C=O) groups is 3. The van der Waals surface area contributed by atoms with E-state index in [0.29, 0.717) is 33.5 Å². The first kappa shape index (κ1) is 22.7. The lowest BCUT2D eigenvalue weighted by molar-refractivity contribution is 0.0600. The molecule has 0 bridgehead atoms. The average Bonchev–Trinajstić information content (AvgIpc) is 3.50. The van der Waals surface area contributed by atoms with Gasteiger partial charge in [-0.25, -0.2) is 9.59 Å². The van der Waals surface area contributed by atoms with Gasteiger partial charge in [0.15, 0.2) is 0 Å². The van der Waals surface area contributed by atoms with Crippen LogP contribution in [0, 0.1) is 0 Å². The molecular formula is C22H20ClN5O4S. The summed E-state index contributed by atoms with van der Waals surface area (Å²) in [6.45, 7) is 0.558. The number of amides is 3. The van der Waals surface area contributed by atoms with Crippen LogP contribution in [0.2, 0.25) is 5.02 Å². The molecule has 1 saturated heterocycles. The van der Waals surface area contributed by atoms with E-state index in [1.54, 1.807) is 53.4 Å². The van der Waals surface area contributed by atoms with Gasteiger partial charge in [0.25, 0.3) is 5.91 Å². The number of esters is 1. The van der Waals surface area contributed by atoms with Crippen molar-refractivity contribution in [3.05, 3.63) is 69.1 Å². The lowest BCUT2D eigenvalue weighted by Crippen LogP contribution is -2.34. The van der Waals surface area contributed by atoms with Crippen molar-refractivity contribution in [1.82, 2.24) is 15.1 Å². The van der Waals surface area contributed by atoms with E-state index in [0.717, 1.165) is 24.2 Å². The Labute approximate surface area is 198 Å². The number of halogens is 1. The van der Waals surface area contributed by atoms with Gasteiger partial charge in [0, 0.05) is 22.9 Å². The first-order valence-electron chi connectivity index (χ1n) is 10.1. The van der Waals surface area contributed by atoms with E-state index in [1.807, 2.05) is 0 Å². The summed E-state index contributed by atoms with van der Waals surface area (Å²) in [6.07, 6.45) is 1.54. The first-order valence-corrected chi connectivity index (χ1v) is 11.3. The van der Waals surface area contributed by atoms with Gasteiger partial charge in [0.2, 0.25) is 5.01 Å². The number of hydrogen-bond donors (Lipinski definition) is 2. The molecule has 1 aliphatic heterocycles. The molecule has 0 spiro atoms. The number of likely N-dealkylation sites (tertiary alicyclic amines) is 1. The lowest BCUT2D eigenvalue weighted by atomic mass is 10.2. The number of aromatic nitrogens is 2. The van der Waals surface area contributed by atoms with Crippen LogP contribution in [0.25, 0.3) is 0 Å². The Balaban J connectivity index is 1.41. The molecule has 1 fully saturated rings. The third-order valence-electron chi connectivity index (χ3n) is 5.09.